The number of carbonyl (C=O) groups excluding carboxylic acids is 1. The summed E-state index contributed by atoms with van der Waals surface area (Å²) in [4.78, 5) is 18.8. The van der Waals surface area contributed by atoms with E-state index >= 15 is 0 Å². The third kappa shape index (κ3) is 5.79. The third-order valence-corrected chi connectivity index (χ3v) is 11.4. The van der Waals surface area contributed by atoms with Crippen LogP contribution in [-0.4, -0.2) is 40.7 Å². The smallest absolute Gasteiger partial charge is 0.258 e. The molecule has 0 aromatic heterocycles. The summed E-state index contributed by atoms with van der Waals surface area (Å²) in [6, 6.07) is 31.8. The van der Waals surface area contributed by atoms with Crippen molar-refractivity contribution in [2.24, 2.45) is 0 Å². The van der Waals surface area contributed by atoms with Crippen LogP contribution < -0.4 is 4.90 Å². The zero-order chi connectivity index (χ0) is 35.9. The van der Waals surface area contributed by atoms with Gasteiger partial charge < -0.3 is 9.80 Å². The van der Waals surface area contributed by atoms with Crippen LogP contribution in [0.25, 0.3) is 10.8 Å². The molecule has 3 aliphatic rings. The van der Waals surface area contributed by atoms with E-state index in [2.05, 4.69) is 143 Å². The average molecular weight is 675 g/mol. The van der Waals surface area contributed by atoms with Crippen molar-refractivity contribution in [2.75, 3.05) is 24.5 Å². The molecule has 0 spiro atoms. The molecular weight excluding hydrogens is 623 g/mol. The number of allylic oxidation sites excluding steroid dienone is 7. The van der Waals surface area contributed by atoms with Crippen LogP contribution in [0.2, 0.25) is 0 Å². The number of anilines is 1. The van der Waals surface area contributed by atoms with Gasteiger partial charge in [-0.15, -0.1) is 0 Å². The topological polar surface area (TPSA) is 26.6 Å². The molecule has 4 heteroatoms. The Balaban J connectivity index is 1.37. The summed E-state index contributed by atoms with van der Waals surface area (Å²) in [6.07, 6.45) is 12.2. The minimum absolute atomic E-state index is 0.0474. The monoisotopic (exact) mass is 674 g/mol. The first-order chi connectivity index (χ1) is 24.6. The van der Waals surface area contributed by atoms with Crippen LogP contribution >= 0.6 is 0 Å². The quantitative estimate of drug-likeness (QED) is 0.174. The molecule has 0 bridgehead atoms. The maximum Gasteiger partial charge on any atom is 0.258 e. The Kier molecular flexibility index (Phi) is 9.22. The number of fused-ring (bicyclic) bond motifs is 4. The molecule has 0 saturated carbocycles. The van der Waals surface area contributed by atoms with Gasteiger partial charge in [-0.1, -0.05) is 86.7 Å². The fourth-order valence-corrected chi connectivity index (χ4v) is 8.94. The molecule has 260 valence electrons. The molecule has 0 saturated heterocycles. The van der Waals surface area contributed by atoms with Crippen LogP contribution in [0.1, 0.15) is 89.2 Å². The molecule has 2 aliphatic heterocycles. The van der Waals surface area contributed by atoms with Gasteiger partial charge in [0.25, 0.3) is 5.91 Å². The SMILES string of the molecule is CCN(C(=O)c1ccccc1)C1=C(/C=C/C2=[N+](CC)c3ccc4ccccc4c3C2(C)C)CCC/C1=C/C=C1\N(CC)c2ccccc2C1(C)C. The van der Waals surface area contributed by atoms with Crippen LogP contribution in [0.15, 0.2) is 138 Å². The van der Waals surface area contributed by atoms with Gasteiger partial charge in [-0.05, 0) is 112 Å². The Labute approximate surface area is 304 Å². The van der Waals surface area contributed by atoms with E-state index in [9.17, 15) is 4.79 Å². The van der Waals surface area contributed by atoms with E-state index < -0.39 is 0 Å². The molecule has 4 aromatic carbocycles. The highest BCUT2D eigenvalue weighted by Crippen LogP contribution is 2.48. The number of amides is 1. The van der Waals surface area contributed by atoms with Crippen molar-refractivity contribution in [3.63, 3.8) is 0 Å². The van der Waals surface area contributed by atoms with Crippen LogP contribution in [0.5, 0.6) is 0 Å². The Morgan fingerprint density at radius 1 is 0.804 bits per heavy atom. The third-order valence-electron chi connectivity index (χ3n) is 11.4. The van der Waals surface area contributed by atoms with E-state index in [0.717, 1.165) is 38.0 Å². The summed E-state index contributed by atoms with van der Waals surface area (Å²) in [5.41, 5.74) is 11.8. The normalized spacial score (nSPS) is 19.5. The summed E-state index contributed by atoms with van der Waals surface area (Å²) >= 11 is 0. The summed E-state index contributed by atoms with van der Waals surface area (Å²) in [6.45, 7) is 18.3. The number of benzene rings is 4. The molecule has 0 fully saturated rings. The molecule has 0 radical (unpaired) electrons. The van der Waals surface area contributed by atoms with Crippen molar-refractivity contribution in [2.45, 2.75) is 78.6 Å². The van der Waals surface area contributed by atoms with Crippen molar-refractivity contribution in [1.29, 1.82) is 0 Å². The largest absolute Gasteiger partial charge is 0.344 e. The number of para-hydroxylation sites is 1. The van der Waals surface area contributed by atoms with Crippen LogP contribution in [0.3, 0.4) is 0 Å². The van der Waals surface area contributed by atoms with Crippen molar-refractivity contribution in [3.05, 3.63) is 155 Å². The zero-order valence-corrected chi connectivity index (χ0v) is 31.5. The van der Waals surface area contributed by atoms with E-state index in [4.69, 9.17) is 0 Å². The lowest BCUT2D eigenvalue weighted by Crippen LogP contribution is -2.33. The summed E-state index contributed by atoms with van der Waals surface area (Å²) in [5.74, 6) is 0.0474. The molecule has 4 nitrogen and oxygen atoms in total. The molecular formula is C47H52N3O+. The molecule has 51 heavy (non-hydrogen) atoms. The first-order valence-corrected chi connectivity index (χ1v) is 18.9. The zero-order valence-electron chi connectivity index (χ0n) is 31.5. The van der Waals surface area contributed by atoms with Gasteiger partial charge in [0.1, 0.15) is 6.54 Å². The van der Waals surface area contributed by atoms with Crippen LogP contribution in [0.4, 0.5) is 11.4 Å². The van der Waals surface area contributed by atoms with Crippen molar-refractivity contribution >= 4 is 33.8 Å². The van der Waals surface area contributed by atoms with Gasteiger partial charge in [-0.3, -0.25) is 4.79 Å². The van der Waals surface area contributed by atoms with Crippen molar-refractivity contribution in [1.82, 2.24) is 4.90 Å². The molecule has 0 N–H and O–H groups in total. The second-order valence-corrected chi connectivity index (χ2v) is 15.0. The predicted octanol–water partition coefficient (Wildman–Crippen LogP) is 11.0. The second kappa shape index (κ2) is 13.6. The predicted molar refractivity (Wildman–Crippen MR) is 214 cm³/mol. The minimum atomic E-state index is -0.182. The van der Waals surface area contributed by atoms with E-state index in [1.165, 1.54) is 55.8 Å². The van der Waals surface area contributed by atoms with Gasteiger partial charge in [-0.2, -0.15) is 4.58 Å². The van der Waals surface area contributed by atoms with E-state index in [1.54, 1.807) is 0 Å². The number of nitrogens with zero attached hydrogens (tertiary/aromatic N) is 3. The van der Waals surface area contributed by atoms with Crippen molar-refractivity contribution < 1.29 is 9.37 Å². The fraction of sp³-hybridized carbons (Fsp3) is 0.319. The maximum atomic E-state index is 14.3. The van der Waals surface area contributed by atoms with E-state index in [-0.39, 0.29) is 16.7 Å². The van der Waals surface area contributed by atoms with Crippen LogP contribution in [0, 0.1) is 0 Å². The Morgan fingerprint density at radius 2 is 1.53 bits per heavy atom. The van der Waals surface area contributed by atoms with Gasteiger partial charge in [0.2, 0.25) is 5.69 Å². The standard InChI is InChI=1S/C47H52N3O/c1-8-48-39-26-17-16-25-38(39)46(4,5)41(48)31-28-34-22-18-23-35(44(34)50(10-3)45(51)36-20-12-11-13-21-36)29-32-42-47(6,7)43-37-24-15-14-19-33(37)27-30-40(43)49(42)9-2/h11-17,19-21,24-32H,8-10,18,22-23H2,1-7H3/q+1. The highest BCUT2D eigenvalue weighted by atomic mass is 16.2. The second-order valence-electron chi connectivity index (χ2n) is 15.0. The molecule has 1 amide bonds. The number of hydrogen-bond donors (Lipinski definition) is 0. The Bertz CT molecular complexity index is 2160. The fourth-order valence-electron chi connectivity index (χ4n) is 8.94. The van der Waals surface area contributed by atoms with Gasteiger partial charge in [0.05, 0.1) is 11.1 Å². The van der Waals surface area contributed by atoms with Gasteiger partial charge >= 0.3 is 0 Å². The molecule has 2 heterocycles. The number of rotatable bonds is 8. The Morgan fingerprint density at radius 3 is 2.27 bits per heavy atom. The Hall–Kier alpha value is -4.96. The summed E-state index contributed by atoms with van der Waals surface area (Å²) in [5, 5.41) is 2.60. The molecule has 0 unspecified atom stereocenters. The first-order valence-electron chi connectivity index (χ1n) is 18.9. The lowest BCUT2D eigenvalue weighted by molar-refractivity contribution is -0.433. The number of likely N-dealkylation sites (N-methyl/N-ethyl adjacent to an activating group) is 2. The van der Waals surface area contributed by atoms with E-state index in [1.807, 2.05) is 35.2 Å². The average Bonchev–Trinajstić information content (AvgIpc) is 3.52. The first kappa shape index (κ1) is 34.5. The highest BCUT2D eigenvalue weighted by Gasteiger charge is 2.45. The lowest BCUT2D eigenvalue weighted by atomic mass is 9.78. The lowest BCUT2D eigenvalue weighted by Gasteiger charge is -2.32. The summed E-state index contributed by atoms with van der Waals surface area (Å²) in [7, 11) is 0. The number of hydrogen-bond acceptors (Lipinski definition) is 2. The molecule has 1 aliphatic carbocycles. The van der Waals surface area contributed by atoms with Gasteiger partial charge in [0, 0.05) is 53.2 Å². The molecule has 0 atom stereocenters. The van der Waals surface area contributed by atoms with Gasteiger partial charge in [-0.25, -0.2) is 0 Å². The number of carbonyl (C=O) groups is 1. The van der Waals surface area contributed by atoms with Crippen LogP contribution in [-0.2, 0) is 10.8 Å². The molecule has 4 aromatic rings. The minimum Gasteiger partial charge on any atom is -0.344 e. The maximum absolute atomic E-state index is 14.3. The van der Waals surface area contributed by atoms with E-state index in [0.29, 0.717) is 12.1 Å². The highest BCUT2D eigenvalue weighted by molar-refractivity contribution is 6.08. The molecule has 7 rings (SSSR count). The summed E-state index contributed by atoms with van der Waals surface area (Å²) < 4.78 is 2.48. The van der Waals surface area contributed by atoms with Crippen molar-refractivity contribution in [3.8, 4) is 0 Å². The van der Waals surface area contributed by atoms with Gasteiger partial charge in [0.15, 0.2) is 5.71 Å².